The molecule has 9 heteroatoms. The van der Waals surface area contributed by atoms with Crippen LogP contribution in [-0.4, -0.2) is 23.3 Å². The monoisotopic (exact) mass is 455 g/mol. The minimum Gasteiger partial charge on any atom is -0.484 e. The zero-order valence-corrected chi connectivity index (χ0v) is 15.3. The molecule has 0 aliphatic heterocycles. The highest BCUT2D eigenvalue weighted by molar-refractivity contribution is 14.1. The zero-order chi connectivity index (χ0) is 18.4. The molecular weight excluding hydrogens is 441 g/mol. The maximum absolute atomic E-state index is 12.1. The molecule has 2 rings (SSSR count). The number of hydrogen-bond acceptors (Lipinski definition) is 5. The Labute approximate surface area is 156 Å². The SMILES string of the molecule is Cc1cccc(OCC(=O)NNC(=O)c2cc([N+](=O)[O-])ccc2I)c1. The van der Waals surface area contributed by atoms with Crippen molar-refractivity contribution >= 4 is 40.1 Å². The Morgan fingerprint density at radius 1 is 1.20 bits per heavy atom. The highest BCUT2D eigenvalue weighted by Crippen LogP contribution is 2.19. The maximum Gasteiger partial charge on any atom is 0.276 e. The quantitative estimate of drug-likeness (QED) is 0.409. The van der Waals surface area contributed by atoms with Crippen LogP contribution in [0.2, 0.25) is 0 Å². The lowest BCUT2D eigenvalue weighted by atomic mass is 10.2. The van der Waals surface area contributed by atoms with Gasteiger partial charge in [-0.1, -0.05) is 12.1 Å². The average Bonchev–Trinajstić information content (AvgIpc) is 2.58. The molecule has 0 radical (unpaired) electrons. The summed E-state index contributed by atoms with van der Waals surface area (Å²) in [5.74, 6) is -0.679. The van der Waals surface area contributed by atoms with Crippen molar-refractivity contribution in [3.63, 3.8) is 0 Å². The van der Waals surface area contributed by atoms with E-state index in [1.807, 2.05) is 35.6 Å². The van der Waals surface area contributed by atoms with E-state index in [9.17, 15) is 19.7 Å². The molecule has 2 aromatic rings. The Morgan fingerprint density at radius 2 is 1.96 bits per heavy atom. The van der Waals surface area contributed by atoms with Gasteiger partial charge >= 0.3 is 0 Å². The fourth-order valence-corrected chi connectivity index (χ4v) is 2.47. The number of rotatable bonds is 5. The van der Waals surface area contributed by atoms with E-state index < -0.39 is 16.7 Å². The van der Waals surface area contributed by atoms with Crippen molar-refractivity contribution in [3.8, 4) is 5.75 Å². The van der Waals surface area contributed by atoms with Crippen molar-refractivity contribution in [3.05, 3.63) is 67.3 Å². The van der Waals surface area contributed by atoms with E-state index in [1.54, 1.807) is 18.2 Å². The van der Waals surface area contributed by atoms with Gasteiger partial charge in [0.25, 0.3) is 17.5 Å². The predicted molar refractivity (Wildman–Crippen MR) is 98.1 cm³/mol. The third-order valence-electron chi connectivity index (χ3n) is 3.08. The molecule has 0 aromatic heterocycles. The van der Waals surface area contributed by atoms with E-state index in [0.717, 1.165) is 11.6 Å². The van der Waals surface area contributed by atoms with Crippen molar-refractivity contribution in [2.45, 2.75) is 6.92 Å². The van der Waals surface area contributed by atoms with Crippen LogP contribution in [0, 0.1) is 20.6 Å². The zero-order valence-electron chi connectivity index (χ0n) is 13.1. The molecule has 0 saturated carbocycles. The van der Waals surface area contributed by atoms with Gasteiger partial charge in [-0.25, -0.2) is 0 Å². The first-order chi connectivity index (χ1) is 11.9. The van der Waals surface area contributed by atoms with Gasteiger partial charge in [-0.2, -0.15) is 0 Å². The van der Waals surface area contributed by atoms with Crippen LogP contribution in [0.5, 0.6) is 5.75 Å². The van der Waals surface area contributed by atoms with Gasteiger partial charge in [0.05, 0.1) is 10.5 Å². The number of nitro benzene ring substituents is 1. The van der Waals surface area contributed by atoms with Crippen molar-refractivity contribution in [1.82, 2.24) is 10.9 Å². The summed E-state index contributed by atoms with van der Waals surface area (Å²) in [6, 6.07) is 11.1. The van der Waals surface area contributed by atoms with Crippen LogP contribution in [0.3, 0.4) is 0 Å². The lowest BCUT2D eigenvalue weighted by Crippen LogP contribution is -2.44. The van der Waals surface area contributed by atoms with Gasteiger partial charge in [0.2, 0.25) is 0 Å². The van der Waals surface area contributed by atoms with Gasteiger partial charge in [-0.3, -0.25) is 30.6 Å². The standard InChI is InChI=1S/C16H14IN3O5/c1-10-3-2-4-12(7-10)25-9-15(21)18-19-16(22)13-8-11(20(23)24)5-6-14(13)17/h2-8H,9H2,1H3,(H,18,21)(H,19,22). The fraction of sp³-hybridized carbons (Fsp3) is 0.125. The Kier molecular flexibility index (Phi) is 6.28. The molecule has 2 amide bonds. The van der Waals surface area contributed by atoms with Gasteiger partial charge in [0, 0.05) is 15.7 Å². The Bertz CT molecular complexity index is 825. The lowest BCUT2D eigenvalue weighted by Gasteiger charge is -2.10. The molecule has 0 fully saturated rings. The summed E-state index contributed by atoms with van der Waals surface area (Å²) in [6.45, 7) is 1.61. The predicted octanol–water partition coefficient (Wildman–Crippen LogP) is 2.35. The third-order valence-corrected chi connectivity index (χ3v) is 4.02. The molecule has 25 heavy (non-hydrogen) atoms. The molecule has 0 heterocycles. The summed E-state index contributed by atoms with van der Waals surface area (Å²) >= 11 is 1.88. The number of nitrogens with zero attached hydrogens (tertiary/aromatic N) is 1. The summed E-state index contributed by atoms with van der Waals surface area (Å²) in [7, 11) is 0. The Morgan fingerprint density at radius 3 is 2.64 bits per heavy atom. The highest BCUT2D eigenvalue weighted by atomic mass is 127. The van der Waals surface area contributed by atoms with Gasteiger partial charge in [-0.05, 0) is 53.3 Å². The van der Waals surface area contributed by atoms with Gasteiger partial charge < -0.3 is 4.74 Å². The minimum atomic E-state index is -0.656. The summed E-state index contributed by atoms with van der Waals surface area (Å²) < 4.78 is 5.83. The van der Waals surface area contributed by atoms with E-state index in [2.05, 4.69) is 10.9 Å². The second-order valence-corrected chi connectivity index (χ2v) is 6.19. The number of ether oxygens (including phenoxy) is 1. The van der Waals surface area contributed by atoms with Crippen LogP contribution in [0.4, 0.5) is 5.69 Å². The van der Waals surface area contributed by atoms with Crippen LogP contribution in [0.1, 0.15) is 15.9 Å². The van der Waals surface area contributed by atoms with E-state index in [0.29, 0.717) is 9.32 Å². The molecule has 0 aliphatic rings. The number of aryl methyl sites for hydroxylation is 1. The summed E-state index contributed by atoms with van der Waals surface area (Å²) in [6.07, 6.45) is 0. The number of nitro groups is 1. The summed E-state index contributed by atoms with van der Waals surface area (Å²) in [4.78, 5) is 34.0. The van der Waals surface area contributed by atoms with E-state index in [1.165, 1.54) is 12.1 Å². The van der Waals surface area contributed by atoms with Gasteiger partial charge in [0.1, 0.15) is 5.75 Å². The number of halogens is 1. The highest BCUT2D eigenvalue weighted by Gasteiger charge is 2.16. The molecule has 0 spiro atoms. The smallest absolute Gasteiger partial charge is 0.276 e. The third kappa shape index (κ3) is 5.41. The van der Waals surface area contributed by atoms with Crippen molar-refractivity contribution in [2.75, 3.05) is 6.61 Å². The number of nitrogens with one attached hydrogen (secondary N) is 2. The van der Waals surface area contributed by atoms with Crippen LogP contribution in [0.25, 0.3) is 0 Å². The molecule has 130 valence electrons. The molecule has 0 bridgehead atoms. The summed E-state index contributed by atoms with van der Waals surface area (Å²) in [5, 5.41) is 10.8. The van der Waals surface area contributed by atoms with E-state index in [4.69, 9.17) is 4.74 Å². The molecule has 0 saturated heterocycles. The van der Waals surface area contributed by atoms with Gasteiger partial charge in [0.15, 0.2) is 6.61 Å². The number of carbonyl (C=O) groups excluding carboxylic acids is 2. The molecule has 0 unspecified atom stereocenters. The Balaban J connectivity index is 1.90. The van der Waals surface area contributed by atoms with Crippen LogP contribution in [0.15, 0.2) is 42.5 Å². The number of carbonyl (C=O) groups is 2. The fourth-order valence-electron chi connectivity index (χ4n) is 1.88. The maximum atomic E-state index is 12.1. The average molecular weight is 455 g/mol. The second-order valence-electron chi connectivity index (χ2n) is 5.03. The van der Waals surface area contributed by atoms with Crippen molar-refractivity contribution < 1.29 is 19.2 Å². The first-order valence-electron chi connectivity index (χ1n) is 7.09. The molecule has 0 aliphatic carbocycles. The molecule has 0 atom stereocenters. The van der Waals surface area contributed by atoms with Crippen LogP contribution < -0.4 is 15.6 Å². The molecular formula is C16H14IN3O5. The number of hydrogen-bond donors (Lipinski definition) is 2. The number of amides is 2. The van der Waals surface area contributed by atoms with E-state index >= 15 is 0 Å². The second kappa shape index (κ2) is 8.42. The lowest BCUT2D eigenvalue weighted by molar-refractivity contribution is -0.384. The van der Waals surface area contributed by atoms with Crippen molar-refractivity contribution in [2.24, 2.45) is 0 Å². The Hall–Kier alpha value is -2.69. The molecule has 2 N–H and O–H groups in total. The minimum absolute atomic E-state index is 0.0923. The van der Waals surface area contributed by atoms with Crippen molar-refractivity contribution in [1.29, 1.82) is 0 Å². The number of hydrazine groups is 1. The molecule has 2 aromatic carbocycles. The first kappa shape index (κ1) is 18.6. The van der Waals surface area contributed by atoms with Crippen LogP contribution in [-0.2, 0) is 4.79 Å². The topological polar surface area (TPSA) is 111 Å². The van der Waals surface area contributed by atoms with Gasteiger partial charge in [-0.15, -0.1) is 0 Å². The normalized spacial score (nSPS) is 10.0. The van der Waals surface area contributed by atoms with E-state index in [-0.39, 0.29) is 17.9 Å². The largest absolute Gasteiger partial charge is 0.484 e. The molecule has 8 nitrogen and oxygen atoms in total. The van der Waals surface area contributed by atoms with Crippen LogP contribution >= 0.6 is 22.6 Å². The first-order valence-corrected chi connectivity index (χ1v) is 8.17. The number of benzene rings is 2. The number of non-ortho nitro benzene ring substituents is 1. The summed E-state index contributed by atoms with van der Waals surface area (Å²) in [5.41, 5.74) is 5.29.